The third-order valence-corrected chi connectivity index (χ3v) is 2.32. The number of nitrogens with one attached hydrogen (secondary N) is 1. The summed E-state index contributed by atoms with van der Waals surface area (Å²) in [7, 11) is 0. The predicted octanol–water partition coefficient (Wildman–Crippen LogP) is -0.896. The van der Waals surface area contributed by atoms with Gasteiger partial charge in [0.2, 0.25) is 0 Å². The van der Waals surface area contributed by atoms with Crippen LogP contribution in [0.3, 0.4) is 0 Å². The Morgan fingerprint density at radius 3 is 2.72 bits per heavy atom. The molecule has 1 heterocycles. The average Bonchev–Trinajstić information content (AvgIpc) is 2.34. The van der Waals surface area contributed by atoms with Crippen LogP contribution in [0, 0.1) is 0 Å². The number of pyridine rings is 1. The molecular formula is C11H15N3O4. The molecule has 1 aromatic heterocycles. The van der Waals surface area contributed by atoms with E-state index in [0.29, 0.717) is 5.69 Å². The van der Waals surface area contributed by atoms with Gasteiger partial charge in [0.05, 0.1) is 11.8 Å². The van der Waals surface area contributed by atoms with Crippen LogP contribution in [-0.4, -0.2) is 39.2 Å². The fourth-order valence-electron chi connectivity index (χ4n) is 1.34. The highest BCUT2D eigenvalue weighted by Gasteiger charge is 2.25. The number of rotatable bonds is 5. The summed E-state index contributed by atoms with van der Waals surface area (Å²) in [4.78, 5) is 26.5. The molecule has 1 rings (SSSR count). The van der Waals surface area contributed by atoms with Gasteiger partial charge in [-0.3, -0.25) is 9.78 Å². The molecule has 0 fully saturated rings. The molecule has 5 N–H and O–H groups in total. The molecule has 0 saturated carbocycles. The van der Waals surface area contributed by atoms with Gasteiger partial charge < -0.3 is 21.3 Å². The third-order valence-electron chi connectivity index (χ3n) is 2.32. The van der Waals surface area contributed by atoms with Gasteiger partial charge in [-0.1, -0.05) is 0 Å². The van der Waals surface area contributed by atoms with Crippen molar-refractivity contribution < 1.29 is 19.8 Å². The summed E-state index contributed by atoms with van der Waals surface area (Å²) in [6.07, 6.45) is 0.220. The summed E-state index contributed by atoms with van der Waals surface area (Å²) in [5.74, 6) is -1.90. The number of aliphatic hydroxyl groups is 1. The lowest BCUT2D eigenvalue weighted by atomic mass is 10.1. The van der Waals surface area contributed by atoms with E-state index in [-0.39, 0.29) is 12.1 Å². The molecule has 0 saturated heterocycles. The van der Waals surface area contributed by atoms with Crippen molar-refractivity contribution in [2.75, 3.05) is 0 Å². The van der Waals surface area contributed by atoms with Crippen LogP contribution < -0.4 is 11.1 Å². The number of amides is 1. The number of carboxylic acid groups (broad SMARTS) is 1. The van der Waals surface area contributed by atoms with Crippen molar-refractivity contribution in [3.05, 3.63) is 29.6 Å². The first kappa shape index (κ1) is 14.1. The van der Waals surface area contributed by atoms with Gasteiger partial charge in [-0.2, -0.15) is 0 Å². The van der Waals surface area contributed by atoms with Gasteiger partial charge in [0.25, 0.3) is 5.91 Å². The number of carboxylic acids is 1. The Labute approximate surface area is 104 Å². The van der Waals surface area contributed by atoms with Gasteiger partial charge in [-0.25, -0.2) is 4.79 Å². The maximum absolute atomic E-state index is 11.8. The van der Waals surface area contributed by atoms with E-state index in [1.807, 2.05) is 0 Å². The lowest BCUT2D eigenvalue weighted by molar-refractivity contribution is -0.141. The highest BCUT2D eigenvalue weighted by Crippen LogP contribution is 2.03. The molecule has 0 radical (unpaired) electrons. The molecule has 0 aliphatic rings. The van der Waals surface area contributed by atoms with E-state index in [0.717, 1.165) is 0 Å². The molecule has 18 heavy (non-hydrogen) atoms. The number of aromatic nitrogens is 1. The van der Waals surface area contributed by atoms with E-state index in [2.05, 4.69) is 10.3 Å². The van der Waals surface area contributed by atoms with Crippen LogP contribution in [0.25, 0.3) is 0 Å². The monoisotopic (exact) mass is 253 g/mol. The van der Waals surface area contributed by atoms with Crippen LogP contribution >= 0.6 is 0 Å². The van der Waals surface area contributed by atoms with E-state index in [4.69, 9.17) is 10.8 Å². The molecule has 1 aromatic rings. The lowest BCUT2D eigenvalue weighted by Crippen LogP contribution is -2.47. The number of nitrogens with zero attached hydrogens (tertiary/aromatic N) is 1. The summed E-state index contributed by atoms with van der Waals surface area (Å²) in [5, 5.41) is 20.3. The second kappa shape index (κ2) is 6.08. The Hall–Kier alpha value is -1.99. The van der Waals surface area contributed by atoms with Gasteiger partial charge in [0.1, 0.15) is 0 Å². The van der Waals surface area contributed by atoms with Gasteiger partial charge >= 0.3 is 5.97 Å². The van der Waals surface area contributed by atoms with E-state index >= 15 is 0 Å². The zero-order valence-electron chi connectivity index (χ0n) is 9.83. The Kier molecular flexibility index (Phi) is 4.75. The first-order valence-corrected chi connectivity index (χ1v) is 5.32. The summed E-state index contributed by atoms with van der Waals surface area (Å²) < 4.78 is 0. The minimum Gasteiger partial charge on any atom is -0.480 e. The minimum atomic E-state index is -1.35. The van der Waals surface area contributed by atoms with Crippen molar-refractivity contribution in [1.82, 2.24) is 10.3 Å². The largest absolute Gasteiger partial charge is 0.480 e. The van der Waals surface area contributed by atoms with Gasteiger partial charge in [0.15, 0.2) is 6.04 Å². The number of hydrogen-bond acceptors (Lipinski definition) is 5. The predicted molar refractivity (Wildman–Crippen MR) is 62.7 cm³/mol. The van der Waals surface area contributed by atoms with E-state index in [1.54, 1.807) is 0 Å². The summed E-state index contributed by atoms with van der Waals surface area (Å²) in [6.45, 7) is 1.47. The minimum absolute atomic E-state index is 0.180. The van der Waals surface area contributed by atoms with Crippen molar-refractivity contribution in [2.24, 2.45) is 5.73 Å². The fourth-order valence-corrected chi connectivity index (χ4v) is 1.34. The molecule has 0 unspecified atom stereocenters. The quantitative estimate of drug-likeness (QED) is 0.539. The first-order valence-electron chi connectivity index (χ1n) is 5.32. The van der Waals surface area contributed by atoms with E-state index in [1.165, 1.54) is 25.3 Å². The lowest BCUT2D eigenvalue weighted by Gasteiger charge is -2.17. The number of carbonyl (C=O) groups is 2. The molecule has 2 atom stereocenters. The number of aliphatic hydroxyl groups excluding tert-OH is 1. The molecule has 0 bridgehead atoms. The zero-order chi connectivity index (χ0) is 13.7. The van der Waals surface area contributed by atoms with Crippen molar-refractivity contribution in [1.29, 1.82) is 0 Å². The SMILES string of the molecule is C[C@@H](O)[C@H](NC(=O)c1ccnc(CN)c1)C(=O)O. The second-order valence-electron chi connectivity index (χ2n) is 3.77. The smallest absolute Gasteiger partial charge is 0.328 e. The molecule has 0 spiro atoms. The summed E-state index contributed by atoms with van der Waals surface area (Å²) in [6, 6.07) is 1.55. The molecule has 98 valence electrons. The summed E-state index contributed by atoms with van der Waals surface area (Å²) >= 11 is 0. The van der Waals surface area contributed by atoms with Gasteiger partial charge in [0, 0.05) is 18.3 Å². The topological polar surface area (TPSA) is 126 Å². The van der Waals surface area contributed by atoms with Crippen molar-refractivity contribution in [3.8, 4) is 0 Å². The van der Waals surface area contributed by atoms with E-state index < -0.39 is 24.0 Å². The van der Waals surface area contributed by atoms with Crippen LogP contribution in [0.2, 0.25) is 0 Å². The van der Waals surface area contributed by atoms with Crippen molar-refractivity contribution in [3.63, 3.8) is 0 Å². The van der Waals surface area contributed by atoms with Crippen LogP contribution in [-0.2, 0) is 11.3 Å². The van der Waals surface area contributed by atoms with Crippen molar-refractivity contribution >= 4 is 11.9 Å². The zero-order valence-corrected chi connectivity index (χ0v) is 9.83. The molecule has 1 amide bonds. The second-order valence-corrected chi connectivity index (χ2v) is 3.77. The summed E-state index contributed by atoms with van der Waals surface area (Å²) in [5.41, 5.74) is 6.16. The van der Waals surface area contributed by atoms with Crippen LogP contribution in [0.5, 0.6) is 0 Å². The standard InChI is InChI=1S/C11H15N3O4/c1-6(15)9(11(17)18)14-10(16)7-2-3-13-8(4-7)5-12/h2-4,6,9,15H,5,12H2,1H3,(H,14,16)(H,17,18)/t6-,9+/m1/s1. The maximum atomic E-state index is 11.8. The van der Waals surface area contributed by atoms with Crippen LogP contribution in [0.4, 0.5) is 0 Å². The molecular weight excluding hydrogens is 238 g/mol. The Morgan fingerprint density at radius 1 is 1.56 bits per heavy atom. The Morgan fingerprint density at radius 2 is 2.22 bits per heavy atom. The third kappa shape index (κ3) is 3.51. The highest BCUT2D eigenvalue weighted by molar-refractivity contribution is 5.96. The molecule has 7 nitrogen and oxygen atoms in total. The van der Waals surface area contributed by atoms with Crippen LogP contribution in [0.1, 0.15) is 23.0 Å². The van der Waals surface area contributed by atoms with E-state index in [9.17, 15) is 14.7 Å². The molecule has 0 aromatic carbocycles. The average molecular weight is 253 g/mol. The molecule has 0 aliphatic carbocycles. The fraction of sp³-hybridized carbons (Fsp3) is 0.364. The van der Waals surface area contributed by atoms with Gasteiger partial charge in [-0.05, 0) is 19.1 Å². The Balaban J connectivity index is 2.83. The molecule has 7 heteroatoms. The number of carbonyl (C=O) groups excluding carboxylic acids is 1. The first-order chi connectivity index (χ1) is 8.45. The van der Waals surface area contributed by atoms with Crippen LogP contribution in [0.15, 0.2) is 18.3 Å². The van der Waals surface area contributed by atoms with Gasteiger partial charge in [-0.15, -0.1) is 0 Å². The molecule has 0 aliphatic heterocycles. The number of hydrogen-bond donors (Lipinski definition) is 4. The number of aliphatic carboxylic acids is 1. The normalized spacial score (nSPS) is 13.7. The highest BCUT2D eigenvalue weighted by atomic mass is 16.4. The maximum Gasteiger partial charge on any atom is 0.328 e. The van der Waals surface area contributed by atoms with Crippen molar-refractivity contribution in [2.45, 2.75) is 25.6 Å². The number of nitrogens with two attached hydrogens (primary N) is 1. The Bertz CT molecular complexity index is 448.